The van der Waals surface area contributed by atoms with E-state index < -0.39 is 0 Å². The van der Waals surface area contributed by atoms with E-state index in [1.165, 1.54) is 32.6 Å². The van der Waals surface area contributed by atoms with Gasteiger partial charge in [-0.1, -0.05) is 89.6 Å². The Labute approximate surface area is 357 Å². The zero-order chi connectivity index (χ0) is 31.8. The van der Waals surface area contributed by atoms with E-state index in [9.17, 15) is 4.79 Å². The van der Waals surface area contributed by atoms with Gasteiger partial charge in [0.25, 0.3) is 0 Å². The van der Waals surface area contributed by atoms with Crippen molar-refractivity contribution in [2.75, 3.05) is 14.1 Å². The largest absolute Gasteiger partial charge is 1.00 e. The first kappa shape index (κ1) is 53.5. The molecule has 0 atom stereocenters. The summed E-state index contributed by atoms with van der Waals surface area (Å²) in [7, 11) is 3.99. The maximum absolute atomic E-state index is 10.2. The minimum absolute atomic E-state index is 0. The van der Waals surface area contributed by atoms with Crippen molar-refractivity contribution >= 4 is 23.1 Å². The van der Waals surface area contributed by atoms with Crippen LogP contribution in [0.4, 0.5) is 0 Å². The van der Waals surface area contributed by atoms with Crippen molar-refractivity contribution in [2.24, 2.45) is 11.0 Å². The van der Waals surface area contributed by atoms with E-state index in [-0.39, 0.29) is 122 Å². The van der Waals surface area contributed by atoms with Gasteiger partial charge in [0.1, 0.15) is 5.60 Å². The molecule has 7 nitrogen and oxygen atoms in total. The second kappa shape index (κ2) is 33.0. The maximum atomic E-state index is 10.2. The van der Waals surface area contributed by atoms with Crippen molar-refractivity contribution in [3.63, 3.8) is 0 Å². The van der Waals surface area contributed by atoms with Gasteiger partial charge in [-0.15, -0.1) is 12.6 Å². The van der Waals surface area contributed by atoms with E-state index in [4.69, 9.17) is 9.84 Å². The van der Waals surface area contributed by atoms with E-state index in [1.807, 2.05) is 85.3 Å². The minimum atomic E-state index is -0.328. The van der Waals surface area contributed by atoms with E-state index in [2.05, 4.69) is 68.7 Å². The Bertz CT molecular complexity index is 981. The number of allylic oxidation sites excluding steroid dienone is 6. The second-order valence-corrected chi connectivity index (χ2v) is 10.5. The van der Waals surface area contributed by atoms with E-state index in [0.29, 0.717) is 5.92 Å². The molecule has 0 aliphatic rings. The molecule has 1 aromatic heterocycles. The first-order chi connectivity index (χ1) is 19.4. The van der Waals surface area contributed by atoms with Gasteiger partial charge in [0.15, 0.2) is 0 Å². The first-order valence-electron chi connectivity index (χ1n) is 15.1. The minimum Gasteiger partial charge on any atom is -0.460 e. The number of carbonyl (C=O) groups excluding carboxylic acids is 1. The molecule has 0 fully saturated rings. The van der Waals surface area contributed by atoms with Crippen LogP contribution in [0.15, 0.2) is 47.6 Å². The summed E-state index contributed by atoms with van der Waals surface area (Å²) in [6.45, 7) is 23.5. The van der Waals surface area contributed by atoms with E-state index >= 15 is 0 Å². The zero-order valence-electron chi connectivity index (χ0n) is 31.3. The molecule has 0 radical (unpaired) electrons. The van der Waals surface area contributed by atoms with Crippen LogP contribution in [0.3, 0.4) is 0 Å². The van der Waals surface area contributed by atoms with Gasteiger partial charge in [0.2, 0.25) is 0 Å². The van der Waals surface area contributed by atoms with Gasteiger partial charge >= 0.3 is 109 Å². The van der Waals surface area contributed by atoms with Crippen LogP contribution in [-0.4, -0.2) is 46.1 Å². The molecular formula is C35H62K2N5O2-. The monoisotopic (exact) mass is 662 g/mol. The van der Waals surface area contributed by atoms with Gasteiger partial charge < -0.3 is 27.2 Å². The summed E-state index contributed by atoms with van der Waals surface area (Å²) in [4.78, 5) is 12.2. The SMILES string of the molecule is CC.CC(=O)OC(C)(C)C.C\C=C/C(=C\C=C\CC)c1c[c-]n(/C(=C\[CH-]N/N=C(\C)C(CCC)CCC)N(C)C)n1.[CH3-].[K+].[K+]. The van der Waals surface area contributed by atoms with Gasteiger partial charge in [0.05, 0.1) is 0 Å². The quantitative estimate of drug-likeness (QED) is 0.0631. The Morgan fingerprint density at radius 2 is 1.73 bits per heavy atom. The van der Waals surface area contributed by atoms with Gasteiger partial charge in [0, 0.05) is 12.6 Å². The molecule has 242 valence electrons. The Morgan fingerprint density at radius 3 is 2.14 bits per heavy atom. The topological polar surface area (TPSA) is 71.8 Å². The predicted molar refractivity (Wildman–Crippen MR) is 184 cm³/mol. The Kier molecular flexibility index (Phi) is 40.1. The van der Waals surface area contributed by atoms with Gasteiger partial charge in [-0.05, 0) is 85.4 Å². The molecule has 0 spiro atoms. The van der Waals surface area contributed by atoms with Crippen LogP contribution in [-0.2, 0) is 9.53 Å². The molecular weight excluding hydrogens is 601 g/mol. The fourth-order valence-electron chi connectivity index (χ4n) is 3.70. The molecule has 0 aromatic carbocycles. The third-order valence-electron chi connectivity index (χ3n) is 5.36. The molecule has 0 aliphatic carbocycles. The van der Waals surface area contributed by atoms with E-state index in [0.717, 1.165) is 29.2 Å². The summed E-state index contributed by atoms with van der Waals surface area (Å²) in [5, 5.41) is 9.30. The molecule has 0 amide bonds. The maximum Gasteiger partial charge on any atom is 1.00 e. The van der Waals surface area contributed by atoms with Gasteiger partial charge in [-0.25, -0.2) is 5.10 Å². The molecule has 9 heteroatoms. The Balaban J connectivity index is -0.000000338. The number of hydrazone groups is 1. The van der Waals surface area contributed by atoms with Gasteiger partial charge in [-0.2, -0.15) is 6.08 Å². The van der Waals surface area contributed by atoms with Crippen molar-refractivity contribution in [1.82, 2.24) is 20.1 Å². The summed E-state index contributed by atoms with van der Waals surface area (Å²) in [6.07, 6.45) is 21.3. The van der Waals surface area contributed by atoms with Crippen LogP contribution < -0.4 is 108 Å². The fourth-order valence-corrected chi connectivity index (χ4v) is 3.70. The molecule has 0 unspecified atom stereocenters. The van der Waals surface area contributed by atoms with Crippen molar-refractivity contribution in [2.45, 2.75) is 114 Å². The zero-order valence-corrected chi connectivity index (χ0v) is 37.6. The number of ether oxygens (including phenoxy) is 1. The number of rotatable bonds is 14. The number of aromatic nitrogens is 2. The van der Waals surface area contributed by atoms with Crippen molar-refractivity contribution in [1.29, 1.82) is 0 Å². The summed E-state index contributed by atoms with van der Waals surface area (Å²) < 4.78 is 6.56. The number of nitrogens with zero attached hydrogens (tertiary/aromatic N) is 4. The average Bonchev–Trinajstić information content (AvgIpc) is 3.37. The Morgan fingerprint density at radius 1 is 1.16 bits per heavy atom. The molecule has 0 saturated carbocycles. The molecule has 0 saturated heterocycles. The third-order valence-corrected chi connectivity index (χ3v) is 5.36. The van der Waals surface area contributed by atoms with Crippen molar-refractivity contribution < 1.29 is 112 Å². The van der Waals surface area contributed by atoms with Crippen LogP contribution in [0.2, 0.25) is 0 Å². The van der Waals surface area contributed by atoms with Crippen LogP contribution in [0, 0.1) is 26.1 Å². The summed E-state index contributed by atoms with van der Waals surface area (Å²) in [5.41, 5.74) is 5.87. The second-order valence-electron chi connectivity index (χ2n) is 10.5. The van der Waals surface area contributed by atoms with Crippen LogP contribution >= 0.6 is 0 Å². The summed E-state index contributed by atoms with van der Waals surface area (Å²) >= 11 is 0. The standard InChI is InChI=1S/C26H41N5.C6H12O2.C2H6.CH3.2K/c1-8-12-13-17-24(16-11-4)25-19-21-31(29-25)26(30(6)7)18-20-27-28-22(5)23(14-9-2)15-10-3;1-5(7)8-6(2,3)4;1-2;;;/h11-13,16-20,23,27H,8-10,14-15H2,1-7H3;1-4H3;1-2H3;1H3;;/q-2;;;-1;2*+1/b13-12+,16-11-,24-17+,26-18-,28-22+;;;;;. The molecule has 1 rings (SSSR count). The molecule has 44 heavy (non-hydrogen) atoms. The fraction of sp³-hybridized carbons (Fsp3) is 0.571. The normalized spacial score (nSPS) is 11.7. The van der Waals surface area contributed by atoms with Crippen molar-refractivity contribution in [3.8, 4) is 0 Å². The molecule has 0 bridgehead atoms. The molecule has 1 N–H and O–H groups in total. The van der Waals surface area contributed by atoms with E-state index in [1.54, 1.807) is 4.68 Å². The molecule has 1 aromatic rings. The average molecular weight is 663 g/mol. The molecule has 0 aliphatic heterocycles. The molecule has 1 heterocycles. The number of nitrogens with one attached hydrogen (secondary N) is 1. The van der Waals surface area contributed by atoms with Crippen LogP contribution in [0.25, 0.3) is 11.4 Å². The number of hydrogen-bond acceptors (Lipinski definition) is 6. The number of carbonyl (C=O) groups is 1. The number of hydrogen-bond donors (Lipinski definition) is 1. The Hall–Kier alpha value is 0.0527. The summed E-state index contributed by atoms with van der Waals surface area (Å²) in [6, 6.07) is 1.92. The third kappa shape index (κ3) is 27.2. The van der Waals surface area contributed by atoms with Gasteiger partial charge in [-0.3, -0.25) is 9.89 Å². The first-order valence-corrected chi connectivity index (χ1v) is 15.1. The summed E-state index contributed by atoms with van der Waals surface area (Å²) in [5.74, 6) is 1.22. The van der Waals surface area contributed by atoms with Crippen LogP contribution in [0.1, 0.15) is 114 Å². The van der Waals surface area contributed by atoms with Crippen molar-refractivity contribution in [3.05, 3.63) is 68.4 Å². The number of esters is 1. The predicted octanol–water partition coefficient (Wildman–Crippen LogP) is 3.15. The smallest absolute Gasteiger partial charge is 0.460 e. The van der Waals surface area contributed by atoms with Crippen LogP contribution in [0.5, 0.6) is 0 Å².